The summed E-state index contributed by atoms with van der Waals surface area (Å²) in [7, 11) is 2.12. The average Bonchev–Trinajstić information content (AvgIpc) is 2.37. The van der Waals surface area contributed by atoms with Crippen molar-refractivity contribution in [1.29, 1.82) is 0 Å². The van der Waals surface area contributed by atoms with E-state index in [4.69, 9.17) is 4.74 Å². The maximum atomic E-state index is 10.1. The van der Waals surface area contributed by atoms with Gasteiger partial charge in [-0.15, -0.1) is 0 Å². The van der Waals surface area contributed by atoms with E-state index in [1.807, 2.05) is 13.0 Å². The van der Waals surface area contributed by atoms with Gasteiger partial charge in [-0.2, -0.15) is 0 Å². The van der Waals surface area contributed by atoms with Gasteiger partial charge in [0.15, 0.2) is 0 Å². The third-order valence-corrected chi connectivity index (χ3v) is 4.31. The molecule has 1 N–H and O–H groups in total. The Morgan fingerprint density at radius 2 is 2.26 bits per heavy atom. The van der Waals surface area contributed by atoms with Gasteiger partial charge in [-0.05, 0) is 60.4 Å². The Labute approximate surface area is 123 Å². The number of benzene rings is 1. The topological polar surface area (TPSA) is 32.7 Å². The molecule has 1 aromatic rings. The summed E-state index contributed by atoms with van der Waals surface area (Å²) in [5, 5.41) is 10.1. The monoisotopic (exact) mass is 327 g/mol. The molecule has 1 aliphatic rings. The molecule has 0 aliphatic carbocycles. The van der Waals surface area contributed by atoms with Gasteiger partial charge < -0.3 is 14.7 Å². The van der Waals surface area contributed by atoms with Crippen molar-refractivity contribution in [3.63, 3.8) is 0 Å². The second kappa shape index (κ2) is 6.73. The maximum absolute atomic E-state index is 10.1. The fourth-order valence-corrected chi connectivity index (χ4v) is 3.19. The highest BCUT2D eigenvalue weighted by Gasteiger charge is 2.26. The summed E-state index contributed by atoms with van der Waals surface area (Å²) in [5.41, 5.74) is 1.25. The number of hydrogen-bond donors (Lipinski definition) is 1. The zero-order valence-electron chi connectivity index (χ0n) is 11.6. The van der Waals surface area contributed by atoms with Gasteiger partial charge in [0.25, 0.3) is 0 Å². The molecule has 0 spiro atoms. The van der Waals surface area contributed by atoms with Gasteiger partial charge in [0.2, 0.25) is 0 Å². The number of aliphatic hydroxyl groups is 1. The highest BCUT2D eigenvalue weighted by atomic mass is 79.9. The lowest BCUT2D eigenvalue weighted by Gasteiger charge is -2.34. The molecule has 1 aromatic carbocycles. The third kappa shape index (κ3) is 3.94. The number of aliphatic hydroxyl groups excluding tert-OH is 1. The maximum Gasteiger partial charge on any atom is 0.133 e. The Balaban J connectivity index is 2.04. The van der Waals surface area contributed by atoms with Crippen LogP contribution in [0.25, 0.3) is 0 Å². The quantitative estimate of drug-likeness (QED) is 0.922. The molecule has 19 heavy (non-hydrogen) atoms. The molecule has 2 atom stereocenters. The SMILES string of the molecule is CCOc1ccc(CC2CN(C)CCC2O)cc1Br. The van der Waals surface area contributed by atoms with E-state index in [1.54, 1.807) is 0 Å². The summed E-state index contributed by atoms with van der Waals surface area (Å²) < 4.78 is 6.51. The predicted octanol–water partition coefficient (Wildman–Crippen LogP) is 2.70. The molecule has 4 heteroatoms. The van der Waals surface area contributed by atoms with Gasteiger partial charge in [-0.1, -0.05) is 6.07 Å². The summed E-state index contributed by atoms with van der Waals surface area (Å²) in [6.45, 7) is 4.61. The lowest BCUT2D eigenvalue weighted by molar-refractivity contribution is 0.0366. The minimum absolute atomic E-state index is 0.179. The van der Waals surface area contributed by atoms with Gasteiger partial charge in [0, 0.05) is 19.0 Å². The number of halogens is 1. The molecule has 1 saturated heterocycles. The third-order valence-electron chi connectivity index (χ3n) is 3.69. The van der Waals surface area contributed by atoms with Crippen molar-refractivity contribution in [1.82, 2.24) is 4.90 Å². The summed E-state index contributed by atoms with van der Waals surface area (Å²) in [6, 6.07) is 6.20. The van der Waals surface area contributed by atoms with Gasteiger partial charge in [-0.25, -0.2) is 0 Å². The first kappa shape index (κ1) is 14.8. The lowest BCUT2D eigenvalue weighted by Crippen LogP contribution is -2.41. The fourth-order valence-electron chi connectivity index (χ4n) is 2.65. The molecule has 1 heterocycles. The first-order valence-corrected chi connectivity index (χ1v) is 7.67. The molecule has 106 valence electrons. The van der Waals surface area contributed by atoms with Gasteiger partial charge in [0.05, 0.1) is 17.2 Å². The first-order chi connectivity index (χ1) is 9.10. The Morgan fingerprint density at radius 1 is 1.47 bits per heavy atom. The van der Waals surface area contributed by atoms with E-state index in [2.05, 4.69) is 40.0 Å². The van der Waals surface area contributed by atoms with E-state index in [0.717, 1.165) is 36.2 Å². The smallest absolute Gasteiger partial charge is 0.133 e. The zero-order chi connectivity index (χ0) is 13.8. The van der Waals surface area contributed by atoms with Gasteiger partial charge >= 0.3 is 0 Å². The average molecular weight is 328 g/mol. The van der Waals surface area contributed by atoms with Crippen LogP contribution < -0.4 is 4.74 Å². The molecular weight excluding hydrogens is 306 g/mol. The summed E-state index contributed by atoms with van der Waals surface area (Å²) >= 11 is 3.54. The molecule has 2 unspecified atom stereocenters. The largest absolute Gasteiger partial charge is 0.493 e. The molecular formula is C15H22BrNO2. The van der Waals surface area contributed by atoms with E-state index in [-0.39, 0.29) is 6.10 Å². The van der Waals surface area contributed by atoms with Crippen LogP contribution in [0.1, 0.15) is 18.9 Å². The molecule has 0 saturated carbocycles. The molecule has 2 rings (SSSR count). The number of ether oxygens (including phenoxy) is 1. The summed E-state index contributed by atoms with van der Waals surface area (Å²) in [6.07, 6.45) is 1.61. The predicted molar refractivity (Wildman–Crippen MR) is 80.6 cm³/mol. The van der Waals surface area contributed by atoms with Gasteiger partial charge in [0.1, 0.15) is 5.75 Å². The second-order valence-corrected chi connectivity index (χ2v) is 6.13. The zero-order valence-corrected chi connectivity index (χ0v) is 13.2. The van der Waals surface area contributed by atoms with Crippen molar-refractivity contribution < 1.29 is 9.84 Å². The number of nitrogens with zero attached hydrogens (tertiary/aromatic N) is 1. The van der Waals surface area contributed by atoms with Crippen LogP contribution in [0.5, 0.6) is 5.75 Å². The van der Waals surface area contributed by atoms with Crippen LogP contribution in [0.3, 0.4) is 0 Å². The molecule has 0 bridgehead atoms. The van der Waals surface area contributed by atoms with Crippen LogP contribution >= 0.6 is 15.9 Å². The Bertz CT molecular complexity index is 425. The fraction of sp³-hybridized carbons (Fsp3) is 0.600. The van der Waals surface area contributed by atoms with E-state index >= 15 is 0 Å². The molecule has 1 aliphatic heterocycles. The lowest BCUT2D eigenvalue weighted by atomic mass is 9.89. The molecule has 0 radical (unpaired) electrons. The highest BCUT2D eigenvalue weighted by molar-refractivity contribution is 9.10. The van der Waals surface area contributed by atoms with Crippen molar-refractivity contribution in [2.75, 3.05) is 26.7 Å². The van der Waals surface area contributed by atoms with E-state index < -0.39 is 0 Å². The number of rotatable bonds is 4. The normalized spacial score (nSPS) is 24.4. The minimum atomic E-state index is -0.179. The van der Waals surface area contributed by atoms with Crippen LogP contribution in [0.15, 0.2) is 22.7 Å². The second-order valence-electron chi connectivity index (χ2n) is 5.28. The Morgan fingerprint density at radius 3 is 2.95 bits per heavy atom. The van der Waals surface area contributed by atoms with Gasteiger partial charge in [-0.3, -0.25) is 0 Å². The van der Waals surface area contributed by atoms with Crippen LogP contribution in [-0.4, -0.2) is 42.9 Å². The van der Waals surface area contributed by atoms with Crippen LogP contribution in [0, 0.1) is 5.92 Å². The van der Waals surface area contributed by atoms with Crippen LogP contribution in [-0.2, 0) is 6.42 Å². The Kier molecular flexibility index (Phi) is 5.25. The van der Waals surface area contributed by atoms with Crippen molar-refractivity contribution in [2.24, 2.45) is 5.92 Å². The van der Waals surface area contributed by atoms with Crippen molar-refractivity contribution in [3.05, 3.63) is 28.2 Å². The number of piperidine rings is 1. The molecule has 1 fully saturated rings. The summed E-state index contributed by atoms with van der Waals surface area (Å²) in [5.74, 6) is 1.20. The molecule has 0 aromatic heterocycles. The van der Waals surface area contributed by atoms with Crippen LogP contribution in [0.4, 0.5) is 0 Å². The van der Waals surface area contributed by atoms with Crippen molar-refractivity contribution in [3.8, 4) is 5.75 Å². The standard InChI is InChI=1S/C15H22BrNO2/c1-3-19-15-5-4-11(9-13(15)16)8-12-10-17(2)7-6-14(12)18/h4-5,9,12,14,18H,3,6-8,10H2,1-2H3. The van der Waals surface area contributed by atoms with Crippen molar-refractivity contribution >= 4 is 15.9 Å². The first-order valence-electron chi connectivity index (χ1n) is 6.88. The number of likely N-dealkylation sites (tertiary alicyclic amines) is 1. The van der Waals surface area contributed by atoms with Crippen LogP contribution in [0.2, 0.25) is 0 Å². The van der Waals surface area contributed by atoms with E-state index in [9.17, 15) is 5.11 Å². The number of hydrogen-bond acceptors (Lipinski definition) is 3. The van der Waals surface area contributed by atoms with Crippen molar-refractivity contribution in [2.45, 2.75) is 25.9 Å². The summed E-state index contributed by atoms with van der Waals surface area (Å²) in [4.78, 5) is 2.29. The molecule has 0 amide bonds. The van der Waals surface area contributed by atoms with E-state index in [1.165, 1.54) is 5.56 Å². The van der Waals surface area contributed by atoms with E-state index in [0.29, 0.717) is 12.5 Å². The Hall–Kier alpha value is -0.580. The highest BCUT2D eigenvalue weighted by Crippen LogP contribution is 2.28. The minimum Gasteiger partial charge on any atom is -0.493 e. The molecule has 3 nitrogen and oxygen atoms in total.